The molecule has 160 valence electrons. The lowest BCUT2D eigenvalue weighted by Gasteiger charge is -2.60. The van der Waals surface area contributed by atoms with E-state index in [-0.39, 0.29) is 17.9 Å². The molecular weight excluding hydrogens is 394 g/mol. The predicted octanol–water partition coefficient (Wildman–Crippen LogP) is 3.18. The molecule has 4 rings (SSSR count). The van der Waals surface area contributed by atoms with Gasteiger partial charge in [0.05, 0.1) is 0 Å². The maximum absolute atomic E-state index is 12.9. The van der Waals surface area contributed by atoms with Gasteiger partial charge in [-0.25, -0.2) is 0 Å². The summed E-state index contributed by atoms with van der Waals surface area (Å²) >= 11 is 0. The summed E-state index contributed by atoms with van der Waals surface area (Å²) in [6.07, 6.45) is -12.9. The molecule has 28 heavy (non-hydrogen) atoms. The molecule has 0 aromatic carbocycles. The SMILES string of the molecule is CC1(C)C2CCC(CNC(=O)C3=NOC(C(O)(C(F)(F)F)C(F)(F)F)C3)C1C2. The van der Waals surface area contributed by atoms with Gasteiger partial charge in [-0.1, -0.05) is 19.0 Å². The van der Waals surface area contributed by atoms with Crippen LogP contribution in [0.25, 0.3) is 0 Å². The smallest absolute Gasteiger partial charge is 0.388 e. The minimum absolute atomic E-state index is 0.169. The molecule has 4 aliphatic rings. The van der Waals surface area contributed by atoms with E-state index in [4.69, 9.17) is 0 Å². The molecule has 0 spiro atoms. The average Bonchev–Trinajstić information content (AvgIpc) is 3.07. The summed E-state index contributed by atoms with van der Waals surface area (Å²) < 4.78 is 77.3. The Hall–Kier alpha value is -1.52. The van der Waals surface area contributed by atoms with Crippen LogP contribution in [-0.4, -0.2) is 47.3 Å². The summed E-state index contributed by atoms with van der Waals surface area (Å²) in [5.41, 5.74) is -5.54. The molecule has 0 radical (unpaired) electrons. The van der Waals surface area contributed by atoms with Crippen LogP contribution in [0.3, 0.4) is 0 Å². The van der Waals surface area contributed by atoms with Gasteiger partial charge >= 0.3 is 12.4 Å². The third-order valence-electron chi connectivity index (χ3n) is 6.79. The van der Waals surface area contributed by atoms with E-state index >= 15 is 0 Å². The summed E-state index contributed by atoms with van der Waals surface area (Å²) in [7, 11) is 0. The highest BCUT2D eigenvalue weighted by Gasteiger charge is 2.76. The molecule has 11 heteroatoms. The molecule has 0 aromatic rings. The van der Waals surface area contributed by atoms with Gasteiger partial charge in [0, 0.05) is 13.0 Å². The first-order valence-corrected chi connectivity index (χ1v) is 9.06. The molecule has 0 aromatic heterocycles. The van der Waals surface area contributed by atoms with Crippen LogP contribution in [0.5, 0.6) is 0 Å². The summed E-state index contributed by atoms with van der Waals surface area (Å²) in [6.45, 7) is 4.59. The number of alkyl halides is 6. The van der Waals surface area contributed by atoms with Crippen molar-refractivity contribution in [1.29, 1.82) is 0 Å². The molecule has 3 aliphatic carbocycles. The van der Waals surface area contributed by atoms with Gasteiger partial charge in [0.2, 0.25) is 0 Å². The molecular formula is C17H22F6N2O3. The molecule has 2 N–H and O–H groups in total. The van der Waals surface area contributed by atoms with Gasteiger partial charge in [0.15, 0.2) is 6.10 Å². The zero-order chi connectivity index (χ0) is 21.1. The average molecular weight is 416 g/mol. The Balaban J connectivity index is 1.60. The first kappa shape index (κ1) is 21.2. The van der Waals surface area contributed by atoms with Crippen LogP contribution < -0.4 is 5.32 Å². The number of hydrogen-bond donors (Lipinski definition) is 2. The van der Waals surface area contributed by atoms with E-state index in [2.05, 4.69) is 29.2 Å². The minimum atomic E-state index is -6.04. The minimum Gasteiger partial charge on any atom is -0.388 e. The number of nitrogens with zero attached hydrogens (tertiary/aromatic N) is 1. The van der Waals surface area contributed by atoms with Crippen molar-refractivity contribution in [2.75, 3.05) is 6.54 Å². The fourth-order valence-corrected chi connectivity index (χ4v) is 4.79. The van der Waals surface area contributed by atoms with Crippen molar-refractivity contribution in [2.24, 2.45) is 28.3 Å². The van der Waals surface area contributed by atoms with Crippen LogP contribution in [0.1, 0.15) is 39.5 Å². The second-order valence-electron chi connectivity index (χ2n) is 8.51. The molecule has 4 atom stereocenters. The lowest BCUT2D eigenvalue weighted by molar-refractivity contribution is -0.392. The van der Waals surface area contributed by atoms with E-state index in [1.165, 1.54) is 0 Å². The van der Waals surface area contributed by atoms with Crippen LogP contribution in [0.2, 0.25) is 0 Å². The number of aliphatic hydroxyl groups is 1. The zero-order valence-electron chi connectivity index (χ0n) is 15.3. The van der Waals surface area contributed by atoms with Crippen molar-refractivity contribution >= 4 is 11.6 Å². The normalized spacial score (nSPS) is 32.2. The number of rotatable bonds is 4. The highest BCUT2D eigenvalue weighted by Crippen LogP contribution is 2.61. The monoisotopic (exact) mass is 416 g/mol. The molecule has 5 nitrogen and oxygen atoms in total. The van der Waals surface area contributed by atoms with Crippen molar-refractivity contribution in [3.63, 3.8) is 0 Å². The topological polar surface area (TPSA) is 70.9 Å². The Kier molecular flexibility index (Phi) is 4.92. The van der Waals surface area contributed by atoms with Crippen LogP contribution >= 0.6 is 0 Å². The van der Waals surface area contributed by atoms with Crippen molar-refractivity contribution in [3.05, 3.63) is 0 Å². The Morgan fingerprint density at radius 3 is 2.32 bits per heavy atom. The lowest BCUT2D eigenvalue weighted by atomic mass is 9.45. The van der Waals surface area contributed by atoms with E-state index < -0.39 is 42.1 Å². The molecule has 4 unspecified atom stereocenters. The first-order valence-electron chi connectivity index (χ1n) is 9.06. The van der Waals surface area contributed by atoms with E-state index in [9.17, 15) is 36.2 Å². The van der Waals surface area contributed by atoms with Gasteiger partial charge in [-0.15, -0.1) is 0 Å². The largest absolute Gasteiger partial charge is 0.430 e. The second-order valence-corrected chi connectivity index (χ2v) is 8.51. The number of nitrogens with one attached hydrogen (secondary N) is 1. The van der Waals surface area contributed by atoms with Crippen molar-refractivity contribution in [2.45, 2.75) is 63.6 Å². The van der Waals surface area contributed by atoms with Gasteiger partial charge in [0.1, 0.15) is 5.71 Å². The number of hydrogen-bond acceptors (Lipinski definition) is 4. The quantitative estimate of drug-likeness (QED) is 0.692. The molecule has 0 saturated heterocycles. The van der Waals surface area contributed by atoms with E-state index in [0.29, 0.717) is 11.8 Å². The highest BCUT2D eigenvalue weighted by molar-refractivity contribution is 6.39. The zero-order valence-corrected chi connectivity index (χ0v) is 15.3. The summed E-state index contributed by atoms with van der Waals surface area (Å²) in [5, 5.41) is 15.0. The van der Waals surface area contributed by atoms with Crippen molar-refractivity contribution < 1.29 is 41.1 Å². The summed E-state index contributed by atoms with van der Waals surface area (Å²) in [5.74, 6) is 0.389. The third-order valence-corrected chi connectivity index (χ3v) is 6.79. The van der Waals surface area contributed by atoms with Gasteiger partial charge in [-0.2, -0.15) is 26.3 Å². The van der Waals surface area contributed by atoms with Crippen LogP contribution in [0.15, 0.2) is 5.16 Å². The Morgan fingerprint density at radius 1 is 1.21 bits per heavy atom. The lowest BCUT2D eigenvalue weighted by Crippen LogP contribution is -2.64. The van der Waals surface area contributed by atoms with Gasteiger partial charge < -0.3 is 15.3 Å². The molecule has 1 heterocycles. The third kappa shape index (κ3) is 3.15. The maximum Gasteiger partial charge on any atom is 0.430 e. The number of carbonyl (C=O) groups is 1. The van der Waals surface area contributed by atoms with Crippen molar-refractivity contribution in [3.8, 4) is 0 Å². The van der Waals surface area contributed by atoms with Gasteiger partial charge in [0.25, 0.3) is 11.5 Å². The number of halogens is 6. The Bertz CT molecular complexity index is 657. The summed E-state index contributed by atoms with van der Waals surface area (Å²) in [4.78, 5) is 16.4. The number of oxime groups is 1. The fraction of sp³-hybridized carbons (Fsp3) is 0.882. The van der Waals surface area contributed by atoms with E-state index in [1.807, 2.05) is 0 Å². The molecule has 1 aliphatic heterocycles. The van der Waals surface area contributed by atoms with Crippen LogP contribution in [-0.2, 0) is 9.63 Å². The van der Waals surface area contributed by atoms with E-state index in [0.717, 1.165) is 19.3 Å². The number of fused-ring (bicyclic) bond motifs is 2. The van der Waals surface area contributed by atoms with Gasteiger partial charge in [-0.05, 0) is 42.4 Å². The van der Waals surface area contributed by atoms with Crippen LogP contribution in [0.4, 0.5) is 26.3 Å². The van der Waals surface area contributed by atoms with E-state index in [1.54, 1.807) is 0 Å². The Labute approximate surface area is 157 Å². The molecule has 3 fully saturated rings. The Morgan fingerprint density at radius 2 is 1.82 bits per heavy atom. The van der Waals surface area contributed by atoms with Gasteiger partial charge in [-0.3, -0.25) is 4.79 Å². The predicted molar refractivity (Wildman–Crippen MR) is 85.1 cm³/mol. The van der Waals surface area contributed by atoms with Crippen LogP contribution in [0, 0.1) is 23.2 Å². The number of carbonyl (C=O) groups excluding carboxylic acids is 1. The molecule has 3 saturated carbocycles. The summed E-state index contributed by atoms with van der Waals surface area (Å²) in [6, 6.07) is 0. The molecule has 2 bridgehead atoms. The highest BCUT2D eigenvalue weighted by atomic mass is 19.4. The second kappa shape index (κ2) is 6.50. The molecule has 1 amide bonds. The maximum atomic E-state index is 12.9. The fourth-order valence-electron chi connectivity index (χ4n) is 4.79. The standard InChI is InChI=1S/C17H22F6N2O3/c1-14(2)9-4-3-8(10(14)5-9)7-24-13(26)11-6-12(28-25-11)15(27,16(18,19)20)17(21,22)23/h8-10,12,27H,3-7H2,1-2H3,(H,24,26). The van der Waals surface area contributed by atoms with Crippen molar-refractivity contribution in [1.82, 2.24) is 5.32 Å². The number of amides is 1. The first-order chi connectivity index (χ1) is 12.7.